The van der Waals surface area contributed by atoms with E-state index in [-0.39, 0.29) is 17.9 Å². The zero-order chi connectivity index (χ0) is 42.1. The first kappa shape index (κ1) is 50.7. The van der Waals surface area contributed by atoms with E-state index in [2.05, 4.69) is 46.4 Å². The van der Waals surface area contributed by atoms with Gasteiger partial charge in [0, 0.05) is 19.3 Å². The van der Waals surface area contributed by atoms with Gasteiger partial charge in [-0.15, -0.1) is 0 Å². The molecule has 0 heterocycles. The van der Waals surface area contributed by atoms with Gasteiger partial charge in [-0.05, 0) is 150 Å². The van der Waals surface area contributed by atoms with Gasteiger partial charge in [0.25, 0.3) is 0 Å². The van der Waals surface area contributed by atoms with E-state index in [0.29, 0.717) is 55.3 Å². The minimum Gasteiger partial charge on any atom is -0.466 e. The second-order valence-corrected chi connectivity index (χ2v) is 20.0. The predicted molar refractivity (Wildman–Crippen MR) is 240 cm³/mol. The number of nitrogens with zero attached hydrogens (tertiary/aromatic N) is 1. The molecule has 7 heteroatoms. The SMILES string of the molecule is CCCC(CCC)CCCCC(=O)OCCCC12CC3CC(CCCOC(=O)CCCCC(CCC)CCC)(C1)CC(CCCOC(=O)CCCN(CC)CC)(C3)C2. The van der Waals surface area contributed by atoms with Crippen molar-refractivity contribution in [2.75, 3.05) is 39.5 Å². The molecule has 0 aromatic carbocycles. The maximum atomic E-state index is 12.7. The Morgan fingerprint density at radius 3 is 1.16 bits per heavy atom. The topological polar surface area (TPSA) is 82.1 Å². The van der Waals surface area contributed by atoms with Crippen molar-refractivity contribution in [1.29, 1.82) is 0 Å². The Labute approximate surface area is 358 Å². The number of hydrogen-bond acceptors (Lipinski definition) is 7. The van der Waals surface area contributed by atoms with Crippen molar-refractivity contribution in [3.8, 4) is 0 Å². The van der Waals surface area contributed by atoms with Gasteiger partial charge in [0.05, 0.1) is 19.8 Å². The summed E-state index contributed by atoms with van der Waals surface area (Å²) in [6.07, 6.45) is 33.2. The van der Waals surface area contributed by atoms with Gasteiger partial charge in [0.1, 0.15) is 0 Å². The Kier molecular flexibility index (Phi) is 24.5. The van der Waals surface area contributed by atoms with Crippen LogP contribution in [0.15, 0.2) is 0 Å². The summed E-state index contributed by atoms with van der Waals surface area (Å²) in [4.78, 5) is 40.4. The second kappa shape index (κ2) is 28.1. The maximum Gasteiger partial charge on any atom is 0.305 e. The summed E-state index contributed by atoms with van der Waals surface area (Å²) < 4.78 is 17.5. The number of ether oxygens (including phenoxy) is 3. The van der Waals surface area contributed by atoms with Gasteiger partial charge < -0.3 is 19.1 Å². The fourth-order valence-corrected chi connectivity index (χ4v) is 12.9. The van der Waals surface area contributed by atoms with Crippen molar-refractivity contribution in [1.82, 2.24) is 4.90 Å². The van der Waals surface area contributed by atoms with Crippen molar-refractivity contribution in [3.05, 3.63) is 0 Å². The molecule has 0 saturated heterocycles. The van der Waals surface area contributed by atoms with Crippen LogP contribution in [0.3, 0.4) is 0 Å². The van der Waals surface area contributed by atoms with Gasteiger partial charge in [0.2, 0.25) is 0 Å². The van der Waals surface area contributed by atoms with E-state index >= 15 is 0 Å². The molecule has 0 N–H and O–H groups in total. The molecule has 0 aliphatic heterocycles. The maximum absolute atomic E-state index is 12.7. The van der Waals surface area contributed by atoms with E-state index in [1.807, 2.05) is 0 Å². The van der Waals surface area contributed by atoms with Crippen LogP contribution in [0.25, 0.3) is 0 Å². The summed E-state index contributed by atoms with van der Waals surface area (Å²) in [7, 11) is 0. The number of unbranched alkanes of at least 4 members (excludes halogenated alkanes) is 2. The average Bonchev–Trinajstić information content (AvgIpc) is 3.18. The first-order valence-electron chi connectivity index (χ1n) is 25.3. The third-order valence-corrected chi connectivity index (χ3v) is 14.8. The number of hydrogen-bond donors (Lipinski definition) is 0. The van der Waals surface area contributed by atoms with Gasteiger partial charge in [-0.3, -0.25) is 14.4 Å². The van der Waals surface area contributed by atoms with Gasteiger partial charge in [0.15, 0.2) is 0 Å². The van der Waals surface area contributed by atoms with E-state index < -0.39 is 0 Å². The summed E-state index contributed by atoms with van der Waals surface area (Å²) in [5.41, 5.74) is 0.887. The molecule has 4 aliphatic rings. The lowest BCUT2D eigenvalue weighted by Crippen LogP contribution is -2.57. The number of esters is 3. The Hall–Kier alpha value is -1.63. The average molecular weight is 816 g/mol. The third-order valence-electron chi connectivity index (χ3n) is 14.8. The molecule has 4 saturated carbocycles. The molecule has 58 heavy (non-hydrogen) atoms. The van der Waals surface area contributed by atoms with E-state index in [4.69, 9.17) is 14.2 Å². The number of carbonyl (C=O) groups excluding carboxylic acids is 3. The first-order chi connectivity index (χ1) is 28.1. The Morgan fingerprint density at radius 1 is 0.483 bits per heavy atom. The zero-order valence-corrected chi connectivity index (χ0v) is 39.1. The molecule has 2 atom stereocenters. The van der Waals surface area contributed by atoms with Gasteiger partial charge in [-0.25, -0.2) is 0 Å². The van der Waals surface area contributed by atoms with E-state index in [1.165, 1.54) is 103 Å². The fraction of sp³-hybridized carbons (Fsp3) is 0.941. The van der Waals surface area contributed by atoms with Crippen molar-refractivity contribution in [2.45, 2.75) is 234 Å². The van der Waals surface area contributed by atoms with Crippen LogP contribution >= 0.6 is 0 Å². The Morgan fingerprint density at radius 2 is 0.828 bits per heavy atom. The van der Waals surface area contributed by atoms with Crippen LogP contribution in [-0.2, 0) is 28.6 Å². The quantitative estimate of drug-likeness (QED) is 0.0354. The van der Waals surface area contributed by atoms with Crippen LogP contribution < -0.4 is 0 Å². The Balaban J connectivity index is 1.50. The summed E-state index contributed by atoms with van der Waals surface area (Å²) >= 11 is 0. The molecule has 0 radical (unpaired) electrons. The lowest BCUT2D eigenvalue weighted by atomic mass is 9.37. The van der Waals surface area contributed by atoms with E-state index in [9.17, 15) is 14.4 Å². The highest BCUT2D eigenvalue weighted by Gasteiger charge is 2.62. The summed E-state index contributed by atoms with van der Waals surface area (Å²) in [5.74, 6) is 2.26. The van der Waals surface area contributed by atoms with Gasteiger partial charge in [-0.1, -0.05) is 119 Å². The highest BCUT2D eigenvalue weighted by molar-refractivity contribution is 5.69. The van der Waals surface area contributed by atoms with Gasteiger partial charge in [-0.2, -0.15) is 0 Å². The van der Waals surface area contributed by atoms with Crippen molar-refractivity contribution >= 4 is 17.9 Å². The molecular formula is C51H93NO6. The lowest BCUT2D eigenvalue weighted by Gasteiger charge is -2.67. The molecule has 338 valence electrons. The monoisotopic (exact) mass is 816 g/mol. The predicted octanol–water partition coefficient (Wildman–Crippen LogP) is 13.6. The van der Waals surface area contributed by atoms with Crippen LogP contribution in [-0.4, -0.2) is 62.3 Å². The lowest BCUT2D eigenvalue weighted by molar-refractivity contribution is -0.173. The van der Waals surface area contributed by atoms with Crippen LogP contribution in [0, 0.1) is 34.0 Å². The Bertz CT molecular complexity index is 1060. The molecule has 0 amide bonds. The first-order valence-corrected chi connectivity index (χ1v) is 25.3. The minimum atomic E-state index is -0.0518. The normalized spacial score (nSPS) is 23.6. The smallest absolute Gasteiger partial charge is 0.305 e. The second-order valence-electron chi connectivity index (χ2n) is 20.0. The molecule has 4 rings (SSSR count). The summed E-state index contributed by atoms with van der Waals surface area (Å²) in [6.45, 7) is 18.0. The molecule has 7 nitrogen and oxygen atoms in total. The largest absolute Gasteiger partial charge is 0.466 e. The van der Waals surface area contributed by atoms with Crippen LogP contribution in [0.1, 0.15) is 234 Å². The van der Waals surface area contributed by atoms with Crippen molar-refractivity contribution < 1.29 is 28.6 Å². The molecule has 4 fully saturated rings. The number of carbonyl (C=O) groups is 3. The number of rotatable bonds is 36. The standard InChI is InChI=1S/C51H93NO6/c1-7-21-43(22-8-2)25-13-15-27-46(53)56-34-18-30-49-37-45-38-50(40-49,31-19-35-57-47(54)28-16-14-26-44(23-9-3)24-10-4)42-51(39-45,41-49)32-20-36-58-48(55)29-17-33-52(11-5)12-6/h43-45H,7-42H2,1-6H3. The summed E-state index contributed by atoms with van der Waals surface area (Å²) in [5, 5.41) is 0. The highest BCUT2D eigenvalue weighted by atomic mass is 16.5. The van der Waals surface area contributed by atoms with E-state index in [0.717, 1.165) is 108 Å². The van der Waals surface area contributed by atoms with Crippen LogP contribution in [0.2, 0.25) is 0 Å². The molecule has 0 spiro atoms. The highest BCUT2D eigenvalue weighted by Crippen LogP contribution is 2.73. The van der Waals surface area contributed by atoms with Gasteiger partial charge >= 0.3 is 17.9 Å². The van der Waals surface area contributed by atoms with E-state index in [1.54, 1.807) is 0 Å². The molecule has 0 aromatic rings. The third kappa shape index (κ3) is 18.6. The fourth-order valence-electron chi connectivity index (χ4n) is 12.9. The van der Waals surface area contributed by atoms with Crippen molar-refractivity contribution in [3.63, 3.8) is 0 Å². The molecule has 4 aliphatic carbocycles. The van der Waals surface area contributed by atoms with Crippen LogP contribution in [0.4, 0.5) is 0 Å². The van der Waals surface area contributed by atoms with Crippen LogP contribution in [0.5, 0.6) is 0 Å². The molecular weight excluding hydrogens is 723 g/mol. The molecule has 4 bridgehead atoms. The molecule has 0 aromatic heterocycles. The molecule has 2 unspecified atom stereocenters. The summed E-state index contributed by atoms with van der Waals surface area (Å²) in [6, 6.07) is 0. The van der Waals surface area contributed by atoms with Crippen molar-refractivity contribution in [2.24, 2.45) is 34.0 Å². The zero-order valence-electron chi connectivity index (χ0n) is 39.1. The minimum absolute atomic E-state index is 0.0182.